The predicted molar refractivity (Wildman–Crippen MR) is 70.2 cm³/mol. The number of hydrogen-bond acceptors (Lipinski definition) is 5. The zero-order valence-corrected chi connectivity index (χ0v) is 11.5. The molecule has 6 nitrogen and oxygen atoms in total. The molecule has 2 rings (SSSR count). The fourth-order valence-corrected chi connectivity index (χ4v) is 1.83. The normalized spacial score (nSPS) is 16.8. The van der Waals surface area contributed by atoms with E-state index in [1.165, 1.54) is 0 Å². The van der Waals surface area contributed by atoms with Crippen molar-refractivity contribution in [2.45, 2.75) is 6.42 Å². The summed E-state index contributed by atoms with van der Waals surface area (Å²) in [7, 11) is 6.58. The summed E-state index contributed by atoms with van der Waals surface area (Å²) >= 11 is 0. The Bertz CT molecular complexity index is 550. The smallest absolute Gasteiger partial charge is 0.198 e. The van der Waals surface area contributed by atoms with Crippen LogP contribution in [-0.4, -0.2) is 44.8 Å². The van der Waals surface area contributed by atoms with Crippen molar-refractivity contribution in [1.82, 2.24) is 0 Å². The third-order valence-electron chi connectivity index (χ3n) is 2.87. The highest BCUT2D eigenvalue weighted by Crippen LogP contribution is 2.28. The van der Waals surface area contributed by atoms with Crippen molar-refractivity contribution in [1.29, 1.82) is 0 Å². The van der Waals surface area contributed by atoms with Crippen LogP contribution < -0.4 is 14.6 Å². The van der Waals surface area contributed by atoms with Crippen LogP contribution in [-0.2, 0) is 6.42 Å². The van der Waals surface area contributed by atoms with Gasteiger partial charge in [-0.3, -0.25) is 0 Å². The maximum Gasteiger partial charge on any atom is 0.198 e. The first kappa shape index (κ1) is 13.4. The van der Waals surface area contributed by atoms with E-state index < -0.39 is 0 Å². The third-order valence-corrected chi connectivity index (χ3v) is 2.87. The summed E-state index contributed by atoms with van der Waals surface area (Å²) in [6.45, 7) is 0. The number of hydrogen-bond donors (Lipinski definition) is 0. The highest BCUT2D eigenvalue weighted by Gasteiger charge is 2.24. The number of rotatable bonds is 4. The first-order valence-corrected chi connectivity index (χ1v) is 5.86. The quantitative estimate of drug-likeness (QED) is 0.737. The Labute approximate surface area is 112 Å². The summed E-state index contributed by atoms with van der Waals surface area (Å²) < 4.78 is 10.3. The number of benzene rings is 1. The molecular formula is C13H17N3O3. The van der Waals surface area contributed by atoms with Gasteiger partial charge in [0.05, 0.1) is 28.3 Å². The van der Waals surface area contributed by atoms with E-state index >= 15 is 0 Å². The van der Waals surface area contributed by atoms with Crippen LogP contribution in [0.5, 0.6) is 11.5 Å². The Morgan fingerprint density at radius 3 is 2.37 bits per heavy atom. The molecule has 0 aromatic heterocycles. The molecule has 1 aliphatic heterocycles. The topological polar surface area (TPSA) is 66.2 Å². The van der Waals surface area contributed by atoms with Crippen LogP contribution in [0.1, 0.15) is 5.56 Å². The van der Waals surface area contributed by atoms with Crippen molar-refractivity contribution in [3.8, 4) is 11.5 Å². The summed E-state index contributed by atoms with van der Waals surface area (Å²) in [4.78, 5) is 3.95. The van der Waals surface area contributed by atoms with Gasteiger partial charge in [0.2, 0.25) is 0 Å². The molecule has 0 fully saturated rings. The van der Waals surface area contributed by atoms with Gasteiger partial charge in [0.15, 0.2) is 23.4 Å². The number of aliphatic imine (C=N–C) groups is 1. The van der Waals surface area contributed by atoms with Crippen molar-refractivity contribution in [2.24, 2.45) is 10.1 Å². The zero-order valence-electron chi connectivity index (χ0n) is 11.5. The lowest BCUT2D eigenvalue weighted by atomic mass is 10.1. The van der Waals surface area contributed by atoms with Crippen LogP contribution in [0, 0.1) is 0 Å². The molecule has 0 amide bonds. The summed E-state index contributed by atoms with van der Waals surface area (Å²) in [6.07, 6.45) is 0.494. The molecule has 1 aliphatic rings. The second kappa shape index (κ2) is 4.89. The number of ether oxygens (including phenoxy) is 2. The molecule has 0 spiro atoms. The van der Waals surface area contributed by atoms with Gasteiger partial charge in [-0.05, 0) is 17.7 Å². The van der Waals surface area contributed by atoms with Crippen molar-refractivity contribution in [2.75, 3.05) is 28.3 Å². The van der Waals surface area contributed by atoms with E-state index in [1.807, 2.05) is 18.2 Å². The van der Waals surface area contributed by atoms with Crippen molar-refractivity contribution in [3.05, 3.63) is 23.8 Å². The minimum Gasteiger partial charge on any atom is -0.814 e. The average Bonchev–Trinajstić information content (AvgIpc) is 2.62. The number of quaternary nitrogens is 1. The molecule has 1 aromatic rings. The molecule has 0 saturated heterocycles. The van der Waals surface area contributed by atoms with Crippen LogP contribution in [0.4, 0.5) is 0 Å². The molecule has 0 N–H and O–H groups in total. The Balaban J connectivity index is 2.22. The van der Waals surface area contributed by atoms with E-state index in [1.54, 1.807) is 28.3 Å². The van der Waals surface area contributed by atoms with Gasteiger partial charge < -0.3 is 14.6 Å². The predicted octanol–water partition coefficient (Wildman–Crippen LogP) is 0.366. The maximum absolute atomic E-state index is 11.6. The van der Waals surface area contributed by atoms with E-state index in [2.05, 4.69) is 10.1 Å². The molecule has 0 saturated carbocycles. The van der Waals surface area contributed by atoms with Crippen molar-refractivity contribution in [3.63, 3.8) is 0 Å². The molecule has 0 radical (unpaired) electrons. The van der Waals surface area contributed by atoms with Gasteiger partial charge in [-0.1, -0.05) is 11.2 Å². The molecule has 102 valence electrons. The Morgan fingerprint density at radius 1 is 1.16 bits per heavy atom. The van der Waals surface area contributed by atoms with Gasteiger partial charge >= 0.3 is 0 Å². The van der Waals surface area contributed by atoms with Gasteiger partial charge in [-0.2, -0.15) is 9.58 Å². The van der Waals surface area contributed by atoms with Crippen LogP contribution in [0.2, 0.25) is 0 Å². The first-order valence-electron chi connectivity index (χ1n) is 5.86. The standard InChI is InChI=1S/C13H17N3O3/c1-16(2)13(17)14-12(15-16)8-9-5-6-10(18-3)11(7-9)19-4/h5-7H,8H2,1-4H3. The zero-order chi connectivity index (χ0) is 14.0. The SMILES string of the molecule is COc1ccc(CC2=N[N+](C)(C)C([O-])=N2)cc1OC. The fraction of sp³-hybridized carbons (Fsp3) is 0.385. The number of methoxy groups -OCH3 is 2. The number of amidine groups is 2. The third kappa shape index (κ3) is 2.68. The first-order chi connectivity index (χ1) is 8.96. The molecular weight excluding hydrogens is 246 g/mol. The van der Waals surface area contributed by atoms with Crippen molar-refractivity contribution < 1.29 is 19.2 Å². The van der Waals surface area contributed by atoms with Gasteiger partial charge in [0.25, 0.3) is 0 Å². The number of nitrogens with zero attached hydrogens (tertiary/aromatic N) is 3. The second-order valence-electron chi connectivity index (χ2n) is 4.67. The van der Waals surface area contributed by atoms with E-state index in [-0.39, 0.29) is 10.6 Å². The molecule has 0 aliphatic carbocycles. The molecule has 19 heavy (non-hydrogen) atoms. The minimum atomic E-state index is -0.254. The van der Waals surface area contributed by atoms with E-state index in [0.29, 0.717) is 23.8 Å². The summed E-state index contributed by atoms with van der Waals surface area (Å²) in [6, 6.07) is 5.34. The molecule has 1 heterocycles. The van der Waals surface area contributed by atoms with Gasteiger partial charge in [0.1, 0.15) is 0 Å². The molecule has 0 atom stereocenters. The monoisotopic (exact) mass is 263 g/mol. The van der Waals surface area contributed by atoms with Crippen LogP contribution in [0.3, 0.4) is 0 Å². The van der Waals surface area contributed by atoms with E-state index in [0.717, 1.165) is 5.56 Å². The van der Waals surface area contributed by atoms with Crippen LogP contribution in [0.25, 0.3) is 0 Å². The largest absolute Gasteiger partial charge is 0.814 e. The lowest BCUT2D eigenvalue weighted by molar-refractivity contribution is -0.832. The van der Waals surface area contributed by atoms with E-state index in [9.17, 15) is 5.11 Å². The molecule has 0 bridgehead atoms. The lowest BCUT2D eigenvalue weighted by Gasteiger charge is -2.20. The fourth-order valence-electron chi connectivity index (χ4n) is 1.83. The van der Waals surface area contributed by atoms with Crippen molar-refractivity contribution >= 4 is 11.9 Å². The molecule has 0 unspecified atom stereocenters. The minimum absolute atomic E-state index is 0.0807. The Kier molecular flexibility index (Phi) is 3.44. The summed E-state index contributed by atoms with van der Waals surface area (Å²) in [5.41, 5.74) is 0.967. The summed E-state index contributed by atoms with van der Waals surface area (Å²) in [5, 5.41) is 15.8. The second-order valence-corrected chi connectivity index (χ2v) is 4.67. The van der Waals surface area contributed by atoms with E-state index in [4.69, 9.17) is 9.47 Å². The highest BCUT2D eigenvalue weighted by molar-refractivity contribution is 5.94. The Morgan fingerprint density at radius 2 is 1.84 bits per heavy atom. The highest BCUT2D eigenvalue weighted by atomic mass is 16.5. The Hall–Kier alpha value is -2.08. The lowest BCUT2D eigenvalue weighted by Crippen LogP contribution is -2.45. The average molecular weight is 263 g/mol. The van der Waals surface area contributed by atoms with Gasteiger partial charge in [-0.25, -0.2) is 0 Å². The van der Waals surface area contributed by atoms with Crippen LogP contribution >= 0.6 is 0 Å². The van der Waals surface area contributed by atoms with Crippen LogP contribution in [0.15, 0.2) is 28.3 Å². The summed E-state index contributed by atoms with van der Waals surface area (Å²) in [5.74, 6) is 1.85. The van der Waals surface area contributed by atoms with Gasteiger partial charge in [-0.15, -0.1) is 0 Å². The maximum atomic E-state index is 11.6. The molecule has 1 aromatic carbocycles. The van der Waals surface area contributed by atoms with Gasteiger partial charge in [0, 0.05) is 6.42 Å². The molecule has 6 heteroatoms.